The SMILES string of the molecule is Cc1c(N)ccc(Br)c1C1CC1. The molecule has 0 aliphatic heterocycles. The van der Waals surface area contributed by atoms with Crippen LogP contribution >= 0.6 is 15.9 Å². The number of nitrogen functional groups attached to an aromatic ring is 1. The third kappa shape index (κ3) is 1.24. The monoisotopic (exact) mass is 225 g/mol. The first-order chi connectivity index (χ1) is 5.70. The Labute approximate surface area is 81.1 Å². The largest absolute Gasteiger partial charge is 0.399 e. The summed E-state index contributed by atoms with van der Waals surface area (Å²) in [4.78, 5) is 0. The van der Waals surface area contributed by atoms with E-state index in [2.05, 4.69) is 28.9 Å². The van der Waals surface area contributed by atoms with Gasteiger partial charge in [-0.3, -0.25) is 0 Å². The second kappa shape index (κ2) is 2.77. The topological polar surface area (TPSA) is 26.0 Å². The molecule has 1 aromatic rings. The van der Waals surface area contributed by atoms with Gasteiger partial charge in [0.05, 0.1) is 0 Å². The minimum absolute atomic E-state index is 0.767. The molecule has 0 amide bonds. The highest BCUT2D eigenvalue weighted by molar-refractivity contribution is 9.10. The molecular formula is C10H12BrN. The lowest BCUT2D eigenvalue weighted by Crippen LogP contribution is -1.95. The number of anilines is 1. The number of benzene rings is 1. The summed E-state index contributed by atoms with van der Waals surface area (Å²) in [5.74, 6) is 0.767. The summed E-state index contributed by atoms with van der Waals surface area (Å²) in [6.07, 6.45) is 2.64. The predicted octanol–water partition coefficient (Wildman–Crippen LogP) is 3.22. The van der Waals surface area contributed by atoms with E-state index >= 15 is 0 Å². The number of halogens is 1. The normalized spacial score (nSPS) is 16.5. The van der Waals surface area contributed by atoms with Crippen LogP contribution in [0.3, 0.4) is 0 Å². The van der Waals surface area contributed by atoms with Crippen LogP contribution < -0.4 is 5.73 Å². The first-order valence-corrected chi connectivity index (χ1v) is 5.04. The molecule has 1 fully saturated rings. The first-order valence-electron chi connectivity index (χ1n) is 4.24. The number of nitrogens with two attached hydrogens (primary N) is 1. The average Bonchev–Trinajstić information content (AvgIpc) is 2.81. The minimum Gasteiger partial charge on any atom is -0.399 e. The Balaban J connectivity index is 2.55. The van der Waals surface area contributed by atoms with Crippen molar-refractivity contribution in [3.05, 3.63) is 27.7 Å². The summed E-state index contributed by atoms with van der Waals surface area (Å²) in [5, 5.41) is 0. The molecule has 2 N–H and O–H groups in total. The van der Waals surface area contributed by atoms with Crippen LogP contribution in [-0.2, 0) is 0 Å². The maximum absolute atomic E-state index is 5.83. The van der Waals surface area contributed by atoms with Crippen molar-refractivity contribution in [1.82, 2.24) is 0 Å². The number of hydrogen-bond donors (Lipinski definition) is 1. The van der Waals surface area contributed by atoms with Crippen molar-refractivity contribution in [2.24, 2.45) is 0 Å². The second-order valence-corrected chi connectivity index (χ2v) is 4.30. The molecule has 64 valence electrons. The van der Waals surface area contributed by atoms with Crippen LogP contribution in [0.1, 0.15) is 29.9 Å². The van der Waals surface area contributed by atoms with E-state index < -0.39 is 0 Å². The van der Waals surface area contributed by atoms with Gasteiger partial charge in [-0.15, -0.1) is 0 Å². The standard InChI is InChI=1S/C10H12BrN/c1-6-9(12)5-4-8(11)10(6)7-2-3-7/h4-5,7H,2-3,12H2,1H3. The molecule has 0 bridgehead atoms. The van der Waals surface area contributed by atoms with Crippen LogP contribution in [0.4, 0.5) is 5.69 Å². The van der Waals surface area contributed by atoms with Gasteiger partial charge in [0.15, 0.2) is 0 Å². The summed E-state index contributed by atoms with van der Waals surface area (Å²) >= 11 is 3.57. The number of rotatable bonds is 1. The predicted molar refractivity (Wildman–Crippen MR) is 55.3 cm³/mol. The molecular weight excluding hydrogens is 214 g/mol. The smallest absolute Gasteiger partial charge is 0.0347 e. The molecule has 1 aliphatic carbocycles. The molecule has 1 nitrogen and oxygen atoms in total. The fraction of sp³-hybridized carbons (Fsp3) is 0.400. The summed E-state index contributed by atoms with van der Waals surface area (Å²) in [6.45, 7) is 2.10. The lowest BCUT2D eigenvalue weighted by atomic mass is 10.0. The van der Waals surface area contributed by atoms with Crippen LogP contribution in [0.5, 0.6) is 0 Å². The van der Waals surface area contributed by atoms with Gasteiger partial charge in [0.25, 0.3) is 0 Å². The van der Waals surface area contributed by atoms with Gasteiger partial charge in [-0.25, -0.2) is 0 Å². The van der Waals surface area contributed by atoms with Gasteiger partial charge < -0.3 is 5.73 Å². The van der Waals surface area contributed by atoms with Gasteiger partial charge in [0, 0.05) is 10.2 Å². The van der Waals surface area contributed by atoms with Crippen molar-refractivity contribution in [1.29, 1.82) is 0 Å². The Bertz CT molecular complexity index is 316. The Morgan fingerprint density at radius 1 is 1.42 bits per heavy atom. The lowest BCUT2D eigenvalue weighted by Gasteiger charge is -2.09. The summed E-state index contributed by atoms with van der Waals surface area (Å²) < 4.78 is 1.22. The van der Waals surface area contributed by atoms with Crippen LogP contribution in [0.25, 0.3) is 0 Å². The van der Waals surface area contributed by atoms with Gasteiger partial charge in [-0.05, 0) is 48.9 Å². The zero-order valence-corrected chi connectivity index (χ0v) is 8.69. The van der Waals surface area contributed by atoms with E-state index in [-0.39, 0.29) is 0 Å². The van der Waals surface area contributed by atoms with E-state index in [0.29, 0.717) is 0 Å². The van der Waals surface area contributed by atoms with Gasteiger partial charge in [-0.1, -0.05) is 15.9 Å². The third-order valence-corrected chi connectivity index (χ3v) is 3.18. The molecule has 0 atom stereocenters. The van der Waals surface area contributed by atoms with E-state index in [4.69, 9.17) is 5.73 Å². The second-order valence-electron chi connectivity index (χ2n) is 3.45. The van der Waals surface area contributed by atoms with Crippen molar-refractivity contribution in [2.45, 2.75) is 25.7 Å². The molecule has 2 rings (SSSR count). The van der Waals surface area contributed by atoms with Crippen molar-refractivity contribution >= 4 is 21.6 Å². The van der Waals surface area contributed by atoms with Crippen molar-refractivity contribution in [3.8, 4) is 0 Å². The van der Waals surface area contributed by atoms with Gasteiger partial charge in [0.1, 0.15) is 0 Å². The zero-order chi connectivity index (χ0) is 8.72. The van der Waals surface area contributed by atoms with E-state index in [9.17, 15) is 0 Å². The minimum atomic E-state index is 0.767. The lowest BCUT2D eigenvalue weighted by molar-refractivity contribution is 1.09. The van der Waals surface area contributed by atoms with Crippen LogP contribution in [0.2, 0.25) is 0 Å². The summed E-state index contributed by atoms with van der Waals surface area (Å²) in [5.41, 5.74) is 9.43. The summed E-state index contributed by atoms with van der Waals surface area (Å²) in [7, 11) is 0. The van der Waals surface area contributed by atoms with E-state index in [0.717, 1.165) is 11.6 Å². The van der Waals surface area contributed by atoms with E-state index in [1.165, 1.54) is 28.4 Å². The van der Waals surface area contributed by atoms with Gasteiger partial charge >= 0.3 is 0 Å². The van der Waals surface area contributed by atoms with Gasteiger partial charge in [-0.2, -0.15) is 0 Å². The Kier molecular flexibility index (Phi) is 1.87. The van der Waals surface area contributed by atoms with Crippen molar-refractivity contribution in [3.63, 3.8) is 0 Å². The molecule has 0 heterocycles. The Hall–Kier alpha value is -0.500. The molecule has 1 aliphatic rings. The van der Waals surface area contributed by atoms with Gasteiger partial charge in [0.2, 0.25) is 0 Å². The van der Waals surface area contributed by atoms with Crippen LogP contribution in [-0.4, -0.2) is 0 Å². The first kappa shape index (κ1) is 8.11. The zero-order valence-electron chi connectivity index (χ0n) is 7.10. The highest BCUT2D eigenvalue weighted by Crippen LogP contribution is 2.45. The third-order valence-electron chi connectivity index (χ3n) is 2.49. The fourth-order valence-electron chi connectivity index (χ4n) is 1.59. The fourth-order valence-corrected chi connectivity index (χ4v) is 2.34. The van der Waals surface area contributed by atoms with Crippen molar-refractivity contribution < 1.29 is 0 Å². The molecule has 0 unspecified atom stereocenters. The molecule has 2 heteroatoms. The Morgan fingerprint density at radius 2 is 2.08 bits per heavy atom. The number of hydrogen-bond acceptors (Lipinski definition) is 1. The molecule has 0 saturated heterocycles. The molecule has 0 spiro atoms. The highest BCUT2D eigenvalue weighted by atomic mass is 79.9. The van der Waals surface area contributed by atoms with Crippen LogP contribution in [0, 0.1) is 6.92 Å². The maximum atomic E-state index is 5.83. The molecule has 12 heavy (non-hydrogen) atoms. The van der Waals surface area contributed by atoms with E-state index in [1.807, 2.05) is 6.07 Å². The van der Waals surface area contributed by atoms with Crippen LogP contribution in [0.15, 0.2) is 16.6 Å². The Morgan fingerprint density at radius 3 is 2.67 bits per heavy atom. The molecule has 1 aromatic carbocycles. The summed E-state index contributed by atoms with van der Waals surface area (Å²) in [6, 6.07) is 4.02. The quantitative estimate of drug-likeness (QED) is 0.731. The van der Waals surface area contributed by atoms with E-state index in [1.54, 1.807) is 0 Å². The molecule has 1 saturated carbocycles. The van der Waals surface area contributed by atoms with Crippen molar-refractivity contribution in [2.75, 3.05) is 5.73 Å². The maximum Gasteiger partial charge on any atom is 0.0347 e. The molecule has 0 aromatic heterocycles. The average molecular weight is 226 g/mol. The highest BCUT2D eigenvalue weighted by Gasteiger charge is 2.27. The molecule has 0 radical (unpaired) electrons.